The first-order valence-corrected chi connectivity index (χ1v) is 7.01. The Balaban J connectivity index is 2.20. The summed E-state index contributed by atoms with van der Waals surface area (Å²) in [5, 5.41) is 2.74. The van der Waals surface area contributed by atoms with Crippen molar-refractivity contribution in [1.82, 2.24) is 0 Å². The van der Waals surface area contributed by atoms with Crippen LogP contribution in [0.1, 0.15) is 43.1 Å². The summed E-state index contributed by atoms with van der Waals surface area (Å²) >= 11 is 0. The van der Waals surface area contributed by atoms with Crippen LogP contribution in [0.4, 0.5) is 5.69 Å². The number of hydrogen-bond donors (Lipinski definition) is 1. The van der Waals surface area contributed by atoms with Gasteiger partial charge in [0.25, 0.3) is 0 Å². The third kappa shape index (κ3) is 2.96. The van der Waals surface area contributed by atoms with Crippen LogP contribution in [0.25, 0.3) is 0 Å². The molecule has 0 aromatic heterocycles. The third-order valence-electron chi connectivity index (χ3n) is 3.64. The van der Waals surface area contributed by atoms with E-state index in [0.717, 1.165) is 5.56 Å². The number of carbonyl (C=O) groups excluding carboxylic acids is 3. The van der Waals surface area contributed by atoms with Crippen LogP contribution in [0.5, 0.6) is 0 Å². The van der Waals surface area contributed by atoms with Gasteiger partial charge in [-0.15, -0.1) is 0 Å². The molecule has 0 spiro atoms. The van der Waals surface area contributed by atoms with Crippen molar-refractivity contribution < 1.29 is 19.1 Å². The molecule has 0 radical (unpaired) electrons. The SMILES string of the molecule is CCOC(=O)CCc1ccc2c(c1)C(=O)C(C)(C)C(=O)N2. The molecule has 0 atom stereocenters. The monoisotopic (exact) mass is 289 g/mol. The van der Waals surface area contributed by atoms with Gasteiger partial charge in [0.15, 0.2) is 5.78 Å². The maximum atomic E-state index is 12.4. The smallest absolute Gasteiger partial charge is 0.306 e. The number of rotatable bonds is 4. The summed E-state index contributed by atoms with van der Waals surface area (Å²) in [5.74, 6) is -0.742. The molecule has 1 N–H and O–H groups in total. The molecule has 0 bridgehead atoms. The molecule has 2 rings (SSSR count). The van der Waals surface area contributed by atoms with Crippen molar-refractivity contribution in [2.45, 2.75) is 33.6 Å². The lowest BCUT2D eigenvalue weighted by Gasteiger charge is -2.29. The van der Waals surface area contributed by atoms with Gasteiger partial charge in [-0.25, -0.2) is 0 Å². The average molecular weight is 289 g/mol. The number of ketones is 1. The number of benzene rings is 1. The first-order chi connectivity index (χ1) is 9.86. The highest BCUT2D eigenvalue weighted by Crippen LogP contribution is 2.33. The standard InChI is InChI=1S/C16H19NO4/c1-4-21-13(18)8-6-10-5-7-12-11(9-10)14(19)16(2,3)15(20)17-12/h5,7,9H,4,6,8H2,1-3H3,(H,17,20). The fraction of sp³-hybridized carbons (Fsp3) is 0.438. The van der Waals surface area contributed by atoms with Gasteiger partial charge in [0, 0.05) is 12.0 Å². The number of carbonyl (C=O) groups is 3. The van der Waals surface area contributed by atoms with Crippen LogP contribution in [0, 0.1) is 5.41 Å². The van der Waals surface area contributed by atoms with E-state index in [0.29, 0.717) is 24.3 Å². The molecule has 112 valence electrons. The summed E-state index contributed by atoms with van der Waals surface area (Å²) in [6.07, 6.45) is 0.782. The van der Waals surface area contributed by atoms with E-state index in [1.807, 2.05) is 6.07 Å². The highest BCUT2D eigenvalue weighted by atomic mass is 16.5. The topological polar surface area (TPSA) is 72.5 Å². The molecule has 1 heterocycles. The van der Waals surface area contributed by atoms with Crippen LogP contribution in [0.2, 0.25) is 0 Å². The van der Waals surface area contributed by atoms with Crippen LogP contribution < -0.4 is 5.32 Å². The number of ether oxygens (including phenoxy) is 1. The van der Waals surface area contributed by atoms with E-state index in [9.17, 15) is 14.4 Å². The number of Topliss-reactive ketones (excluding diaryl/α,β-unsaturated/α-hetero) is 1. The number of aryl methyl sites for hydroxylation is 1. The molecule has 0 saturated heterocycles. The molecule has 1 aliphatic rings. The van der Waals surface area contributed by atoms with Gasteiger partial charge < -0.3 is 10.1 Å². The summed E-state index contributed by atoms with van der Waals surface area (Å²) < 4.78 is 4.88. The van der Waals surface area contributed by atoms with Gasteiger partial charge in [0.2, 0.25) is 5.91 Å². The molecule has 21 heavy (non-hydrogen) atoms. The van der Waals surface area contributed by atoms with E-state index >= 15 is 0 Å². The van der Waals surface area contributed by atoms with E-state index in [4.69, 9.17) is 4.74 Å². The highest BCUT2D eigenvalue weighted by molar-refractivity contribution is 6.23. The number of hydrogen-bond acceptors (Lipinski definition) is 4. The molecule has 1 aromatic carbocycles. The van der Waals surface area contributed by atoms with Gasteiger partial charge in [-0.3, -0.25) is 14.4 Å². The Bertz CT molecular complexity index is 604. The van der Waals surface area contributed by atoms with E-state index in [1.165, 1.54) is 0 Å². The van der Waals surface area contributed by atoms with Gasteiger partial charge in [-0.1, -0.05) is 6.07 Å². The van der Waals surface area contributed by atoms with Crippen LogP contribution in [-0.4, -0.2) is 24.3 Å². The van der Waals surface area contributed by atoms with E-state index in [2.05, 4.69) is 5.32 Å². The molecule has 0 unspecified atom stereocenters. The van der Waals surface area contributed by atoms with Crippen LogP contribution in [0.15, 0.2) is 18.2 Å². The number of esters is 1. The lowest BCUT2D eigenvalue weighted by molar-refractivity contribution is -0.143. The number of amides is 1. The Kier molecular flexibility index (Phi) is 4.11. The van der Waals surface area contributed by atoms with Crippen molar-refractivity contribution in [2.75, 3.05) is 11.9 Å². The van der Waals surface area contributed by atoms with E-state index in [-0.39, 0.29) is 24.1 Å². The lowest BCUT2D eigenvalue weighted by Crippen LogP contribution is -2.42. The molecular formula is C16H19NO4. The molecule has 5 nitrogen and oxygen atoms in total. The number of nitrogens with one attached hydrogen (secondary N) is 1. The zero-order valence-electron chi connectivity index (χ0n) is 12.5. The molecule has 1 amide bonds. The van der Waals surface area contributed by atoms with Crippen molar-refractivity contribution in [3.8, 4) is 0 Å². The first kappa shape index (κ1) is 15.2. The molecule has 1 aliphatic heterocycles. The van der Waals surface area contributed by atoms with Gasteiger partial charge in [-0.05, 0) is 44.9 Å². The number of fused-ring (bicyclic) bond motifs is 1. The predicted octanol–water partition coefficient (Wildman–Crippen LogP) is 2.34. The molecule has 1 aromatic rings. The van der Waals surface area contributed by atoms with E-state index in [1.54, 1.807) is 32.9 Å². The molecule has 0 fully saturated rings. The van der Waals surface area contributed by atoms with Crippen LogP contribution >= 0.6 is 0 Å². The minimum atomic E-state index is -1.06. The Morgan fingerprint density at radius 1 is 1.29 bits per heavy atom. The first-order valence-electron chi connectivity index (χ1n) is 7.01. The van der Waals surface area contributed by atoms with Gasteiger partial charge in [-0.2, -0.15) is 0 Å². The molecule has 5 heteroatoms. The summed E-state index contributed by atoms with van der Waals surface area (Å²) in [4.78, 5) is 35.6. The fourth-order valence-corrected chi connectivity index (χ4v) is 2.24. The van der Waals surface area contributed by atoms with Crippen molar-refractivity contribution in [1.29, 1.82) is 0 Å². The Morgan fingerprint density at radius 3 is 2.67 bits per heavy atom. The minimum absolute atomic E-state index is 0.195. The van der Waals surface area contributed by atoms with Gasteiger partial charge in [0.1, 0.15) is 5.41 Å². The molecule has 0 aliphatic carbocycles. The fourth-order valence-electron chi connectivity index (χ4n) is 2.24. The Morgan fingerprint density at radius 2 is 2.00 bits per heavy atom. The summed E-state index contributed by atoms with van der Waals surface area (Å²) in [6.45, 7) is 5.35. The third-order valence-corrected chi connectivity index (χ3v) is 3.64. The maximum Gasteiger partial charge on any atom is 0.306 e. The van der Waals surface area contributed by atoms with Crippen LogP contribution in [0.3, 0.4) is 0 Å². The van der Waals surface area contributed by atoms with Crippen molar-refractivity contribution in [3.05, 3.63) is 29.3 Å². The van der Waals surface area contributed by atoms with Gasteiger partial charge >= 0.3 is 5.97 Å². The molecule has 0 saturated carbocycles. The normalized spacial score (nSPS) is 16.1. The lowest BCUT2D eigenvalue weighted by atomic mass is 9.79. The van der Waals surface area contributed by atoms with Crippen molar-refractivity contribution in [3.63, 3.8) is 0 Å². The maximum absolute atomic E-state index is 12.4. The Labute approximate surface area is 123 Å². The minimum Gasteiger partial charge on any atom is -0.466 e. The predicted molar refractivity (Wildman–Crippen MR) is 78.1 cm³/mol. The average Bonchev–Trinajstić information content (AvgIpc) is 2.44. The van der Waals surface area contributed by atoms with Crippen LogP contribution in [-0.2, 0) is 20.7 Å². The summed E-state index contributed by atoms with van der Waals surface area (Å²) in [7, 11) is 0. The quantitative estimate of drug-likeness (QED) is 0.682. The van der Waals surface area contributed by atoms with Gasteiger partial charge in [0.05, 0.1) is 12.3 Å². The Hall–Kier alpha value is -2.17. The molecular weight excluding hydrogens is 270 g/mol. The zero-order chi connectivity index (χ0) is 15.6. The highest BCUT2D eigenvalue weighted by Gasteiger charge is 2.41. The summed E-state index contributed by atoms with van der Waals surface area (Å²) in [6, 6.07) is 5.27. The number of anilines is 1. The van der Waals surface area contributed by atoms with Crippen molar-refractivity contribution >= 4 is 23.3 Å². The second kappa shape index (κ2) is 5.68. The van der Waals surface area contributed by atoms with Crippen molar-refractivity contribution in [2.24, 2.45) is 5.41 Å². The zero-order valence-corrected chi connectivity index (χ0v) is 12.5. The summed E-state index contributed by atoms with van der Waals surface area (Å²) in [5.41, 5.74) is 0.847. The second-order valence-corrected chi connectivity index (χ2v) is 5.59. The largest absolute Gasteiger partial charge is 0.466 e. The second-order valence-electron chi connectivity index (χ2n) is 5.59. The van der Waals surface area contributed by atoms with E-state index < -0.39 is 5.41 Å².